The molecular formula is C14H16N2O4S2. The van der Waals surface area contributed by atoms with E-state index in [0.29, 0.717) is 5.69 Å². The Kier molecular flexibility index (Phi) is 4.84. The molecule has 0 aliphatic heterocycles. The predicted octanol–water partition coefficient (Wildman–Crippen LogP) is 1.54. The van der Waals surface area contributed by atoms with Gasteiger partial charge in [-0.25, -0.2) is 21.6 Å². The number of anilines is 1. The van der Waals surface area contributed by atoms with Crippen LogP contribution >= 0.6 is 0 Å². The molecule has 0 fully saturated rings. The summed E-state index contributed by atoms with van der Waals surface area (Å²) in [6, 6.07) is 14.7. The summed E-state index contributed by atoms with van der Waals surface area (Å²) in [5.74, 6) is 0. The van der Waals surface area contributed by atoms with Crippen LogP contribution in [0.3, 0.4) is 0 Å². The summed E-state index contributed by atoms with van der Waals surface area (Å²) in [4.78, 5) is 0.0717. The highest BCUT2D eigenvalue weighted by molar-refractivity contribution is 7.92. The van der Waals surface area contributed by atoms with Gasteiger partial charge in [-0.15, -0.1) is 0 Å². The van der Waals surface area contributed by atoms with Crippen molar-refractivity contribution in [3.05, 3.63) is 60.2 Å². The molecule has 2 N–H and O–H groups in total. The first-order chi connectivity index (χ1) is 10.3. The molecule has 0 aliphatic rings. The minimum Gasteiger partial charge on any atom is -0.284 e. The summed E-state index contributed by atoms with van der Waals surface area (Å²) in [5, 5.41) is 0. The lowest BCUT2D eigenvalue weighted by Crippen LogP contribution is -2.23. The van der Waals surface area contributed by atoms with Crippen molar-refractivity contribution in [1.82, 2.24) is 4.72 Å². The van der Waals surface area contributed by atoms with Crippen molar-refractivity contribution >= 4 is 25.7 Å². The van der Waals surface area contributed by atoms with E-state index < -0.39 is 20.0 Å². The maximum Gasteiger partial charge on any atom is 0.240 e. The first-order valence-electron chi connectivity index (χ1n) is 6.38. The number of hydrogen-bond donors (Lipinski definition) is 2. The quantitative estimate of drug-likeness (QED) is 0.834. The van der Waals surface area contributed by atoms with Crippen LogP contribution in [0.15, 0.2) is 59.5 Å². The van der Waals surface area contributed by atoms with Gasteiger partial charge in [-0.1, -0.05) is 30.3 Å². The van der Waals surface area contributed by atoms with Gasteiger partial charge in [-0.2, -0.15) is 0 Å². The lowest BCUT2D eigenvalue weighted by atomic mass is 10.2. The number of benzene rings is 2. The largest absolute Gasteiger partial charge is 0.284 e. The molecule has 0 saturated carbocycles. The molecular weight excluding hydrogens is 324 g/mol. The average molecular weight is 340 g/mol. The third kappa shape index (κ3) is 4.83. The number of sulfonamides is 2. The van der Waals surface area contributed by atoms with Crippen LogP contribution < -0.4 is 9.44 Å². The van der Waals surface area contributed by atoms with E-state index in [1.54, 1.807) is 0 Å². The van der Waals surface area contributed by atoms with Gasteiger partial charge < -0.3 is 0 Å². The molecule has 2 aromatic carbocycles. The van der Waals surface area contributed by atoms with Crippen LogP contribution in [0.1, 0.15) is 5.56 Å². The van der Waals surface area contributed by atoms with E-state index in [1.807, 2.05) is 30.3 Å². The second-order valence-electron chi connectivity index (χ2n) is 4.71. The molecule has 8 heteroatoms. The Hall–Kier alpha value is -1.90. The normalized spacial score (nSPS) is 12.0. The molecule has 0 bridgehead atoms. The van der Waals surface area contributed by atoms with E-state index in [1.165, 1.54) is 24.3 Å². The summed E-state index contributed by atoms with van der Waals surface area (Å²) in [6.45, 7) is 0.187. The summed E-state index contributed by atoms with van der Waals surface area (Å²) < 4.78 is 51.3. The third-order valence-electron chi connectivity index (χ3n) is 2.78. The van der Waals surface area contributed by atoms with Gasteiger partial charge in [-0.3, -0.25) is 4.72 Å². The molecule has 22 heavy (non-hydrogen) atoms. The Bertz CT molecular complexity index is 830. The highest BCUT2D eigenvalue weighted by Crippen LogP contribution is 2.15. The molecule has 0 aromatic heterocycles. The van der Waals surface area contributed by atoms with Crippen molar-refractivity contribution in [2.24, 2.45) is 0 Å². The number of nitrogens with one attached hydrogen (secondary N) is 2. The molecule has 0 radical (unpaired) electrons. The molecule has 0 spiro atoms. The Labute approximate surface area is 130 Å². The molecule has 0 aliphatic carbocycles. The topological polar surface area (TPSA) is 92.3 Å². The third-order valence-corrected chi connectivity index (χ3v) is 4.80. The van der Waals surface area contributed by atoms with Gasteiger partial charge in [-0.05, 0) is 29.8 Å². The van der Waals surface area contributed by atoms with Gasteiger partial charge >= 0.3 is 0 Å². The fourth-order valence-corrected chi connectivity index (χ4v) is 3.36. The fourth-order valence-electron chi connectivity index (χ4n) is 1.77. The smallest absolute Gasteiger partial charge is 0.240 e. The maximum absolute atomic E-state index is 12.2. The summed E-state index contributed by atoms with van der Waals surface area (Å²) in [6.07, 6.45) is 1.03. The predicted molar refractivity (Wildman–Crippen MR) is 85.4 cm³/mol. The molecule has 0 amide bonds. The highest BCUT2D eigenvalue weighted by atomic mass is 32.2. The Morgan fingerprint density at radius 1 is 0.864 bits per heavy atom. The van der Waals surface area contributed by atoms with E-state index in [4.69, 9.17) is 0 Å². The van der Waals surface area contributed by atoms with Crippen LogP contribution in [0, 0.1) is 0 Å². The van der Waals surface area contributed by atoms with Crippen LogP contribution in [0.25, 0.3) is 0 Å². The van der Waals surface area contributed by atoms with Gasteiger partial charge in [0.15, 0.2) is 0 Å². The lowest BCUT2D eigenvalue weighted by Gasteiger charge is -2.08. The SMILES string of the molecule is CS(=O)(=O)Nc1ccc(S(=O)(=O)NCc2ccccc2)cc1. The zero-order valence-corrected chi connectivity index (χ0v) is 13.5. The highest BCUT2D eigenvalue weighted by Gasteiger charge is 2.13. The number of hydrogen-bond acceptors (Lipinski definition) is 4. The Balaban J connectivity index is 2.09. The summed E-state index contributed by atoms with van der Waals surface area (Å²) in [5.41, 5.74) is 1.16. The standard InChI is InChI=1S/C14H16N2O4S2/c1-21(17,18)16-13-7-9-14(10-8-13)22(19,20)15-11-12-5-3-2-4-6-12/h2-10,15-16H,11H2,1H3. The molecule has 0 unspecified atom stereocenters. The van der Waals surface area contributed by atoms with Gasteiger partial charge in [0.1, 0.15) is 0 Å². The van der Waals surface area contributed by atoms with Crippen molar-refractivity contribution in [2.45, 2.75) is 11.4 Å². The molecule has 6 nitrogen and oxygen atoms in total. The van der Waals surface area contributed by atoms with Crippen LogP contribution in [-0.2, 0) is 26.6 Å². The molecule has 118 valence electrons. The van der Waals surface area contributed by atoms with Crippen molar-refractivity contribution < 1.29 is 16.8 Å². The lowest BCUT2D eigenvalue weighted by molar-refractivity contribution is 0.581. The van der Waals surface area contributed by atoms with E-state index in [-0.39, 0.29) is 11.4 Å². The van der Waals surface area contributed by atoms with Crippen molar-refractivity contribution in [1.29, 1.82) is 0 Å². The monoisotopic (exact) mass is 340 g/mol. The fraction of sp³-hybridized carbons (Fsp3) is 0.143. The van der Waals surface area contributed by atoms with E-state index >= 15 is 0 Å². The van der Waals surface area contributed by atoms with Crippen molar-refractivity contribution in [2.75, 3.05) is 11.0 Å². The van der Waals surface area contributed by atoms with Gasteiger partial charge in [0, 0.05) is 12.2 Å². The van der Waals surface area contributed by atoms with Gasteiger partial charge in [0.2, 0.25) is 20.0 Å². The van der Waals surface area contributed by atoms with E-state index in [0.717, 1.165) is 11.8 Å². The van der Waals surface area contributed by atoms with Crippen LogP contribution in [0.2, 0.25) is 0 Å². The summed E-state index contributed by atoms with van der Waals surface area (Å²) >= 11 is 0. The zero-order chi connectivity index (χ0) is 16.2. The van der Waals surface area contributed by atoms with E-state index in [2.05, 4.69) is 9.44 Å². The van der Waals surface area contributed by atoms with Gasteiger partial charge in [0.25, 0.3) is 0 Å². The Morgan fingerprint density at radius 2 is 1.45 bits per heavy atom. The summed E-state index contributed by atoms with van der Waals surface area (Å²) in [7, 11) is -7.03. The minimum absolute atomic E-state index is 0.0717. The van der Waals surface area contributed by atoms with Crippen LogP contribution in [-0.4, -0.2) is 23.1 Å². The second-order valence-corrected chi connectivity index (χ2v) is 8.22. The molecule has 2 aromatic rings. The first kappa shape index (κ1) is 16.5. The number of rotatable bonds is 6. The zero-order valence-electron chi connectivity index (χ0n) is 11.9. The van der Waals surface area contributed by atoms with E-state index in [9.17, 15) is 16.8 Å². The molecule has 0 saturated heterocycles. The Morgan fingerprint density at radius 3 is 2.00 bits per heavy atom. The second kappa shape index (κ2) is 6.47. The van der Waals surface area contributed by atoms with Gasteiger partial charge in [0.05, 0.1) is 11.2 Å². The van der Waals surface area contributed by atoms with Crippen molar-refractivity contribution in [3.8, 4) is 0 Å². The molecule has 0 atom stereocenters. The van der Waals surface area contributed by atoms with Crippen LogP contribution in [0.5, 0.6) is 0 Å². The first-order valence-corrected chi connectivity index (χ1v) is 9.75. The average Bonchev–Trinajstić information content (AvgIpc) is 2.45. The molecule has 0 heterocycles. The van der Waals surface area contributed by atoms with Crippen molar-refractivity contribution in [3.63, 3.8) is 0 Å². The maximum atomic E-state index is 12.2. The van der Waals surface area contributed by atoms with Crippen LogP contribution in [0.4, 0.5) is 5.69 Å². The molecule has 2 rings (SSSR count). The minimum atomic E-state index is -3.65.